The first kappa shape index (κ1) is 21.9. The normalized spacial score (nSPS) is 18.4. The molecule has 0 radical (unpaired) electrons. The lowest BCUT2D eigenvalue weighted by Crippen LogP contribution is -2.48. The molecule has 1 aromatic heterocycles. The standard InChI is InChI=1S/C26H33N7/c27-19-21-5-7-22(8-6-21)20-33-25-4-2-1-3-24(25)30-26(33)29-23-9-13-31(14-10-23)17-18-32-15-11-28-12-16-32/h1-8,23,28H,9-18,20H2,(H,29,30). The number of aromatic nitrogens is 2. The number of para-hydroxylation sites is 2. The molecule has 33 heavy (non-hydrogen) atoms. The van der Waals surface area contributed by atoms with Crippen LogP contribution in [0.5, 0.6) is 0 Å². The molecule has 0 bridgehead atoms. The molecule has 2 aromatic carbocycles. The van der Waals surface area contributed by atoms with E-state index in [1.807, 2.05) is 30.3 Å². The lowest BCUT2D eigenvalue weighted by atomic mass is 10.1. The average molecular weight is 444 g/mol. The Kier molecular flexibility index (Phi) is 6.87. The molecule has 172 valence electrons. The van der Waals surface area contributed by atoms with Crippen LogP contribution < -0.4 is 10.6 Å². The highest BCUT2D eigenvalue weighted by atomic mass is 15.2. The number of nitriles is 1. The van der Waals surface area contributed by atoms with Gasteiger partial charge in [0.2, 0.25) is 5.95 Å². The molecule has 2 fully saturated rings. The molecule has 3 heterocycles. The van der Waals surface area contributed by atoms with E-state index in [1.54, 1.807) is 0 Å². The minimum Gasteiger partial charge on any atom is -0.353 e. The van der Waals surface area contributed by atoms with E-state index in [2.05, 4.69) is 49.3 Å². The van der Waals surface area contributed by atoms with Gasteiger partial charge in [-0.05, 0) is 42.7 Å². The molecule has 2 aliphatic heterocycles. The summed E-state index contributed by atoms with van der Waals surface area (Å²) in [6.45, 7) is 9.95. The second kappa shape index (κ2) is 10.3. The maximum atomic E-state index is 9.09. The van der Waals surface area contributed by atoms with E-state index in [-0.39, 0.29) is 0 Å². The molecular formula is C26H33N7. The van der Waals surface area contributed by atoms with Gasteiger partial charge in [-0.3, -0.25) is 4.90 Å². The number of nitrogens with zero attached hydrogens (tertiary/aromatic N) is 5. The number of fused-ring (bicyclic) bond motifs is 1. The SMILES string of the molecule is N#Cc1ccc(Cn2c(NC3CCN(CCN4CCNCC4)CC3)nc3ccccc32)cc1. The minimum atomic E-state index is 0.442. The third kappa shape index (κ3) is 5.36. The molecule has 0 spiro atoms. The van der Waals surface area contributed by atoms with E-state index >= 15 is 0 Å². The van der Waals surface area contributed by atoms with Gasteiger partial charge in [0, 0.05) is 58.4 Å². The van der Waals surface area contributed by atoms with Crippen LogP contribution in [0.25, 0.3) is 11.0 Å². The Morgan fingerprint density at radius 2 is 1.64 bits per heavy atom. The summed E-state index contributed by atoms with van der Waals surface area (Å²) in [5.41, 5.74) is 4.01. The Morgan fingerprint density at radius 3 is 2.36 bits per heavy atom. The molecule has 5 rings (SSSR count). The highest BCUT2D eigenvalue weighted by molar-refractivity contribution is 5.78. The topological polar surface area (TPSA) is 72.2 Å². The number of piperazine rings is 1. The quantitative estimate of drug-likeness (QED) is 0.585. The van der Waals surface area contributed by atoms with Crippen LogP contribution >= 0.6 is 0 Å². The summed E-state index contributed by atoms with van der Waals surface area (Å²) in [7, 11) is 0. The summed E-state index contributed by atoms with van der Waals surface area (Å²) >= 11 is 0. The van der Waals surface area contributed by atoms with Crippen molar-refractivity contribution in [3.63, 3.8) is 0 Å². The summed E-state index contributed by atoms with van der Waals surface area (Å²) in [6, 6.07) is 18.8. The van der Waals surface area contributed by atoms with Gasteiger partial charge < -0.3 is 20.1 Å². The average Bonchev–Trinajstić information content (AvgIpc) is 3.21. The summed E-state index contributed by atoms with van der Waals surface area (Å²) in [5, 5.41) is 16.3. The van der Waals surface area contributed by atoms with Crippen LogP contribution in [-0.2, 0) is 6.54 Å². The smallest absolute Gasteiger partial charge is 0.204 e. The fourth-order valence-electron chi connectivity index (χ4n) is 4.91. The van der Waals surface area contributed by atoms with Crippen LogP contribution in [0.15, 0.2) is 48.5 Å². The van der Waals surface area contributed by atoms with E-state index in [1.165, 1.54) is 31.7 Å². The van der Waals surface area contributed by atoms with Crippen molar-refractivity contribution in [1.82, 2.24) is 24.7 Å². The van der Waals surface area contributed by atoms with Crippen molar-refractivity contribution >= 4 is 17.0 Å². The van der Waals surface area contributed by atoms with Gasteiger partial charge in [-0.1, -0.05) is 24.3 Å². The summed E-state index contributed by atoms with van der Waals surface area (Å²) in [4.78, 5) is 10.1. The zero-order valence-corrected chi connectivity index (χ0v) is 19.2. The fourth-order valence-corrected chi connectivity index (χ4v) is 4.91. The summed E-state index contributed by atoms with van der Waals surface area (Å²) < 4.78 is 2.27. The minimum absolute atomic E-state index is 0.442. The van der Waals surface area contributed by atoms with Gasteiger partial charge in [-0.25, -0.2) is 4.98 Å². The summed E-state index contributed by atoms with van der Waals surface area (Å²) in [5.74, 6) is 0.944. The zero-order valence-electron chi connectivity index (χ0n) is 19.2. The highest BCUT2D eigenvalue weighted by Crippen LogP contribution is 2.24. The number of anilines is 1. The van der Waals surface area contributed by atoms with Crippen LogP contribution in [0, 0.1) is 11.3 Å². The van der Waals surface area contributed by atoms with Crippen LogP contribution in [-0.4, -0.2) is 77.8 Å². The Morgan fingerprint density at radius 1 is 0.939 bits per heavy atom. The van der Waals surface area contributed by atoms with Crippen LogP contribution in [0.4, 0.5) is 5.95 Å². The predicted octanol–water partition coefficient (Wildman–Crippen LogP) is 2.74. The predicted molar refractivity (Wildman–Crippen MR) is 132 cm³/mol. The second-order valence-corrected chi connectivity index (χ2v) is 9.17. The lowest BCUT2D eigenvalue weighted by molar-refractivity contribution is 0.167. The number of piperidine rings is 1. The van der Waals surface area contributed by atoms with E-state index in [0.29, 0.717) is 11.6 Å². The third-order valence-electron chi connectivity index (χ3n) is 6.94. The molecule has 7 nitrogen and oxygen atoms in total. The van der Waals surface area contributed by atoms with E-state index in [9.17, 15) is 0 Å². The van der Waals surface area contributed by atoms with Crippen molar-refractivity contribution in [3.05, 3.63) is 59.7 Å². The Hall–Kier alpha value is -2.92. The van der Waals surface area contributed by atoms with Crippen molar-refractivity contribution in [2.45, 2.75) is 25.4 Å². The van der Waals surface area contributed by atoms with Crippen LogP contribution in [0.3, 0.4) is 0 Å². The van der Waals surface area contributed by atoms with Crippen molar-refractivity contribution in [1.29, 1.82) is 5.26 Å². The lowest BCUT2D eigenvalue weighted by Gasteiger charge is -2.35. The first-order valence-corrected chi connectivity index (χ1v) is 12.1. The molecular weight excluding hydrogens is 410 g/mol. The van der Waals surface area contributed by atoms with Gasteiger partial charge in [0.25, 0.3) is 0 Å². The molecule has 0 saturated carbocycles. The van der Waals surface area contributed by atoms with Crippen molar-refractivity contribution in [2.75, 3.05) is 57.7 Å². The number of rotatable bonds is 7. The van der Waals surface area contributed by atoms with Gasteiger partial charge in [0.05, 0.1) is 29.2 Å². The zero-order chi connectivity index (χ0) is 22.5. The van der Waals surface area contributed by atoms with Gasteiger partial charge in [-0.2, -0.15) is 5.26 Å². The Labute approximate surface area is 196 Å². The monoisotopic (exact) mass is 443 g/mol. The number of imidazole rings is 1. The molecule has 2 aliphatic rings. The van der Waals surface area contributed by atoms with E-state index < -0.39 is 0 Å². The molecule has 2 saturated heterocycles. The van der Waals surface area contributed by atoms with Crippen molar-refractivity contribution < 1.29 is 0 Å². The van der Waals surface area contributed by atoms with Gasteiger partial charge in [-0.15, -0.1) is 0 Å². The van der Waals surface area contributed by atoms with Crippen LogP contribution in [0.2, 0.25) is 0 Å². The second-order valence-electron chi connectivity index (χ2n) is 9.17. The van der Waals surface area contributed by atoms with Crippen LogP contribution in [0.1, 0.15) is 24.0 Å². The van der Waals surface area contributed by atoms with Crippen molar-refractivity contribution in [2.24, 2.45) is 0 Å². The number of benzene rings is 2. The van der Waals surface area contributed by atoms with Gasteiger partial charge in [0.15, 0.2) is 0 Å². The molecule has 0 aliphatic carbocycles. The fraction of sp³-hybridized carbons (Fsp3) is 0.462. The van der Waals surface area contributed by atoms with E-state index in [4.69, 9.17) is 10.2 Å². The summed E-state index contributed by atoms with van der Waals surface area (Å²) in [6.07, 6.45) is 2.28. The Bertz CT molecular complexity index is 1080. The molecule has 0 amide bonds. The first-order chi connectivity index (χ1) is 16.3. The molecule has 2 N–H and O–H groups in total. The number of likely N-dealkylation sites (tertiary alicyclic amines) is 1. The largest absolute Gasteiger partial charge is 0.353 e. The first-order valence-electron chi connectivity index (χ1n) is 12.1. The number of hydrogen-bond donors (Lipinski definition) is 2. The van der Waals surface area contributed by atoms with Gasteiger partial charge in [0.1, 0.15) is 0 Å². The molecule has 0 atom stereocenters. The maximum Gasteiger partial charge on any atom is 0.204 e. The molecule has 7 heteroatoms. The number of nitrogens with one attached hydrogen (secondary N) is 2. The molecule has 0 unspecified atom stereocenters. The maximum absolute atomic E-state index is 9.09. The Balaban J connectivity index is 1.22. The third-order valence-corrected chi connectivity index (χ3v) is 6.94. The van der Waals surface area contributed by atoms with E-state index in [0.717, 1.165) is 62.5 Å². The molecule has 3 aromatic rings. The van der Waals surface area contributed by atoms with Crippen molar-refractivity contribution in [3.8, 4) is 6.07 Å². The highest BCUT2D eigenvalue weighted by Gasteiger charge is 2.22. The number of hydrogen-bond acceptors (Lipinski definition) is 6. The van der Waals surface area contributed by atoms with Gasteiger partial charge >= 0.3 is 0 Å².